The van der Waals surface area contributed by atoms with Gasteiger partial charge in [0.25, 0.3) is 0 Å². The summed E-state index contributed by atoms with van der Waals surface area (Å²) in [5, 5.41) is 11.2. The molecule has 2 aliphatic carbocycles. The molecule has 2 atom stereocenters. The lowest BCUT2D eigenvalue weighted by molar-refractivity contribution is -0.514. The highest BCUT2D eigenvalue weighted by atomic mass is 16.5. The molecule has 2 aromatic carbocycles. The van der Waals surface area contributed by atoms with Crippen LogP contribution in [0.15, 0.2) is 48.5 Å². The monoisotopic (exact) mass is 337 g/mol. The minimum atomic E-state index is -1.34. The third-order valence-corrected chi connectivity index (χ3v) is 5.59. The molecule has 1 saturated carbocycles. The highest BCUT2D eigenvalue weighted by Crippen LogP contribution is 2.45. The Morgan fingerprint density at radius 2 is 1.64 bits per heavy atom. The molecule has 5 nitrogen and oxygen atoms in total. The molecule has 0 unspecified atom stereocenters. The predicted octanol–water partition coefficient (Wildman–Crippen LogP) is 0.483. The van der Waals surface area contributed by atoms with Crippen molar-refractivity contribution in [1.82, 2.24) is 0 Å². The number of hydrogen-bond acceptors (Lipinski definition) is 4. The Hall–Kier alpha value is -2.66. The Balaban J connectivity index is 1.54. The fourth-order valence-electron chi connectivity index (χ4n) is 3.93. The minimum Gasteiger partial charge on any atom is -0.544 e. The SMILES string of the molecule is [NH3+][C@@]1(C(=O)[O-])CC[C@H]1C(=O)OCC1c2ccccc2-c2ccccc21. The number of ether oxygens (including phenoxy) is 1. The topological polar surface area (TPSA) is 94.1 Å². The fraction of sp³-hybridized carbons (Fsp3) is 0.300. The van der Waals surface area contributed by atoms with Crippen molar-refractivity contribution >= 4 is 11.9 Å². The number of benzene rings is 2. The standard InChI is InChI=1S/C20H19NO4/c21-20(19(23)24)10-9-17(20)18(22)25-11-16-14-7-3-1-5-12(14)13-6-2-4-8-15(13)16/h1-8,16-17H,9-11,21H2,(H,23,24)/t17-,20-/m0/s1. The number of carboxylic acid groups (broad SMARTS) is 1. The Labute approximate surface area is 145 Å². The number of quaternary nitrogens is 1. The molecule has 0 aliphatic heterocycles. The van der Waals surface area contributed by atoms with Crippen molar-refractivity contribution in [2.75, 3.05) is 6.61 Å². The second-order valence-electron chi connectivity index (χ2n) is 6.89. The highest BCUT2D eigenvalue weighted by molar-refractivity contribution is 5.87. The van der Waals surface area contributed by atoms with Gasteiger partial charge in [-0.05, 0) is 28.7 Å². The van der Waals surface area contributed by atoms with Crippen molar-refractivity contribution in [3.63, 3.8) is 0 Å². The van der Waals surface area contributed by atoms with Gasteiger partial charge in [0.05, 0.1) is 0 Å². The third kappa shape index (κ3) is 2.35. The van der Waals surface area contributed by atoms with Gasteiger partial charge in [0.1, 0.15) is 24.0 Å². The molecule has 128 valence electrons. The van der Waals surface area contributed by atoms with Crippen molar-refractivity contribution in [2.24, 2.45) is 5.92 Å². The normalized spacial score (nSPS) is 24.1. The lowest BCUT2D eigenvalue weighted by Gasteiger charge is -2.41. The summed E-state index contributed by atoms with van der Waals surface area (Å²) in [5.74, 6) is -2.52. The summed E-state index contributed by atoms with van der Waals surface area (Å²) in [6, 6.07) is 16.2. The van der Waals surface area contributed by atoms with E-state index >= 15 is 0 Å². The summed E-state index contributed by atoms with van der Waals surface area (Å²) in [7, 11) is 0. The van der Waals surface area contributed by atoms with Crippen LogP contribution in [-0.4, -0.2) is 24.1 Å². The van der Waals surface area contributed by atoms with E-state index in [0.29, 0.717) is 12.8 Å². The van der Waals surface area contributed by atoms with Crippen LogP contribution < -0.4 is 10.8 Å². The van der Waals surface area contributed by atoms with E-state index in [1.165, 1.54) is 0 Å². The van der Waals surface area contributed by atoms with Crippen LogP contribution in [0.3, 0.4) is 0 Å². The van der Waals surface area contributed by atoms with Gasteiger partial charge in [0, 0.05) is 12.3 Å². The molecule has 0 aromatic heterocycles. The van der Waals surface area contributed by atoms with E-state index in [1.807, 2.05) is 36.4 Å². The fourth-order valence-corrected chi connectivity index (χ4v) is 3.93. The van der Waals surface area contributed by atoms with Crippen LogP contribution in [0.2, 0.25) is 0 Å². The molecule has 0 saturated heterocycles. The first-order valence-corrected chi connectivity index (χ1v) is 8.44. The largest absolute Gasteiger partial charge is 0.544 e. The number of fused-ring (bicyclic) bond motifs is 3. The lowest BCUT2D eigenvalue weighted by atomic mass is 9.67. The van der Waals surface area contributed by atoms with Crippen LogP contribution in [0.1, 0.15) is 29.9 Å². The first-order valence-electron chi connectivity index (χ1n) is 8.44. The van der Waals surface area contributed by atoms with Gasteiger partial charge in [-0.15, -0.1) is 0 Å². The maximum absolute atomic E-state index is 12.4. The van der Waals surface area contributed by atoms with Crippen LogP contribution in [0.4, 0.5) is 0 Å². The maximum atomic E-state index is 12.4. The molecule has 5 heteroatoms. The van der Waals surface area contributed by atoms with Gasteiger partial charge in [-0.1, -0.05) is 48.5 Å². The molecule has 25 heavy (non-hydrogen) atoms. The first-order chi connectivity index (χ1) is 12.0. The molecule has 0 radical (unpaired) electrons. The second kappa shape index (κ2) is 5.70. The van der Waals surface area contributed by atoms with Gasteiger partial charge in [-0.25, -0.2) is 0 Å². The van der Waals surface area contributed by atoms with Gasteiger partial charge >= 0.3 is 5.97 Å². The number of carbonyl (C=O) groups excluding carboxylic acids is 2. The van der Waals surface area contributed by atoms with Crippen molar-refractivity contribution in [2.45, 2.75) is 24.3 Å². The number of hydrogen-bond donors (Lipinski definition) is 1. The Morgan fingerprint density at radius 1 is 1.08 bits per heavy atom. The van der Waals surface area contributed by atoms with Crippen molar-refractivity contribution < 1.29 is 25.2 Å². The number of carbonyl (C=O) groups is 2. The molecule has 3 N–H and O–H groups in total. The molecule has 0 spiro atoms. The molecule has 1 fully saturated rings. The number of aliphatic carboxylic acids is 1. The summed E-state index contributed by atoms with van der Waals surface area (Å²) in [4.78, 5) is 23.6. The molecule has 0 amide bonds. The van der Waals surface area contributed by atoms with Crippen LogP contribution in [0, 0.1) is 5.92 Å². The average Bonchev–Trinajstić information content (AvgIpc) is 2.92. The number of carboxylic acids is 1. The molecule has 2 aromatic rings. The van der Waals surface area contributed by atoms with Gasteiger partial charge in [-0.3, -0.25) is 4.79 Å². The quantitative estimate of drug-likeness (QED) is 0.821. The lowest BCUT2D eigenvalue weighted by Crippen LogP contribution is -2.87. The van der Waals surface area contributed by atoms with Crippen molar-refractivity contribution in [1.29, 1.82) is 0 Å². The van der Waals surface area contributed by atoms with Crippen molar-refractivity contribution in [3.8, 4) is 11.1 Å². The van der Waals surface area contributed by atoms with Gasteiger partial charge < -0.3 is 20.4 Å². The molecular weight excluding hydrogens is 318 g/mol. The number of rotatable bonds is 4. The van der Waals surface area contributed by atoms with E-state index in [-0.39, 0.29) is 12.5 Å². The van der Waals surface area contributed by atoms with Gasteiger partial charge in [0.2, 0.25) is 0 Å². The highest BCUT2D eigenvalue weighted by Gasteiger charge is 2.54. The third-order valence-electron chi connectivity index (χ3n) is 5.59. The predicted molar refractivity (Wildman–Crippen MR) is 88.0 cm³/mol. The Bertz CT molecular complexity index is 817. The van der Waals surface area contributed by atoms with E-state index in [4.69, 9.17) is 4.74 Å². The molecule has 0 heterocycles. The smallest absolute Gasteiger partial charge is 0.315 e. The molecule has 2 aliphatic rings. The summed E-state index contributed by atoms with van der Waals surface area (Å²) in [5.41, 5.74) is 6.90. The molecular formula is C20H19NO4. The zero-order valence-electron chi connectivity index (χ0n) is 13.7. The van der Waals surface area contributed by atoms with E-state index in [9.17, 15) is 14.7 Å². The first kappa shape index (κ1) is 15.8. The van der Waals surface area contributed by atoms with E-state index in [1.54, 1.807) is 0 Å². The Morgan fingerprint density at radius 3 is 2.12 bits per heavy atom. The van der Waals surface area contributed by atoms with E-state index in [2.05, 4.69) is 17.9 Å². The number of esters is 1. The minimum absolute atomic E-state index is 0.0291. The second-order valence-corrected chi connectivity index (χ2v) is 6.89. The van der Waals surface area contributed by atoms with Gasteiger partial charge in [0.15, 0.2) is 0 Å². The van der Waals surface area contributed by atoms with Crippen LogP contribution in [-0.2, 0) is 14.3 Å². The summed E-state index contributed by atoms with van der Waals surface area (Å²) >= 11 is 0. The Kier molecular flexibility index (Phi) is 3.62. The van der Waals surface area contributed by atoms with Crippen LogP contribution in [0.25, 0.3) is 11.1 Å². The summed E-state index contributed by atoms with van der Waals surface area (Å²) in [6.45, 7) is 0.201. The summed E-state index contributed by atoms with van der Waals surface area (Å²) in [6.07, 6.45) is 0.832. The van der Waals surface area contributed by atoms with Gasteiger partial charge in [-0.2, -0.15) is 0 Å². The summed E-state index contributed by atoms with van der Waals surface area (Å²) < 4.78 is 5.52. The van der Waals surface area contributed by atoms with E-state index in [0.717, 1.165) is 22.3 Å². The molecule has 0 bridgehead atoms. The zero-order valence-corrected chi connectivity index (χ0v) is 13.7. The van der Waals surface area contributed by atoms with Crippen LogP contribution >= 0.6 is 0 Å². The molecule has 4 rings (SSSR count). The average molecular weight is 337 g/mol. The zero-order chi connectivity index (χ0) is 17.6. The maximum Gasteiger partial charge on any atom is 0.315 e. The van der Waals surface area contributed by atoms with E-state index < -0.39 is 23.4 Å². The van der Waals surface area contributed by atoms with Crippen molar-refractivity contribution in [3.05, 3.63) is 59.7 Å². The van der Waals surface area contributed by atoms with Crippen LogP contribution in [0.5, 0.6) is 0 Å².